The molecular weight excluding hydrogens is 465 g/mol. The molecular formula is C24H29Cl2N3O4. The summed E-state index contributed by atoms with van der Waals surface area (Å²) in [5.41, 5.74) is 0.715. The number of imide groups is 1. The Hall–Kier alpha value is -2.38. The van der Waals surface area contributed by atoms with Crippen molar-refractivity contribution in [2.45, 2.75) is 58.7 Å². The molecule has 1 aliphatic heterocycles. The van der Waals surface area contributed by atoms with Gasteiger partial charge in [0.25, 0.3) is 0 Å². The molecule has 2 aliphatic rings. The molecule has 4 amide bonds. The second-order valence-corrected chi connectivity index (χ2v) is 9.66. The fourth-order valence-electron chi connectivity index (χ4n) is 4.26. The lowest BCUT2D eigenvalue weighted by molar-refractivity contribution is -0.143. The zero-order valence-corrected chi connectivity index (χ0v) is 20.5. The first kappa shape index (κ1) is 25.2. The number of fused-ring (bicyclic) bond motifs is 1. The Labute approximate surface area is 204 Å². The van der Waals surface area contributed by atoms with E-state index < -0.39 is 6.04 Å². The summed E-state index contributed by atoms with van der Waals surface area (Å²) in [4.78, 5) is 54.0. The minimum Gasteiger partial charge on any atom is -0.352 e. The first-order valence-electron chi connectivity index (χ1n) is 11.1. The largest absolute Gasteiger partial charge is 0.352 e. The monoisotopic (exact) mass is 493 g/mol. The van der Waals surface area contributed by atoms with Crippen molar-refractivity contribution in [3.63, 3.8) is 0 Å². The normalized spacial score (nSPS) is 20.7. The summed E-state index contributed by atoms with van der Waals surface area (Å²) in [6, 6.07) is 4.19. The Morgan fingerprint density at radius 3 is 2.21 bits per heavy atom. The highest BCUT2D eigenvalue weighted by molar-refractivity contribution is 6.42. The van der Waals surface area contributed by atoms with Crippen molar-refractivity contribution in [3.05, 3.63) is 46.0 Å². The average Bonchev–Trinajstić information content (AvgIpc) is 3.02. The molecule has 1 aliphatic carbocycles. The summed E-state index contributed by atoms with van der Waals surface area (Å²) in [5, 5.41) is 3.57. The number of rotatable bonds is 8. The molecule has 0 saturated carbocycles. The predicted molar refractivity (Wildman–Crippen MR) is 126 cm³/mol. The number of amides is 4. The van der Waals surface area contributed by atoms with Gasteiger partial charge in [0.1, 0.15) is 6.04 Å². The van der Waals surface area contributed by atoms with Crippen molar-refractivity contribution in [3.8, 4) is 0 Å². The molecule has 0 bridgehead atoms. The van der Waals surface area contributed by atoms with Gasteiger partial charge >= 0.3 is 0 Å². The van der Waals surface area contributed by atoms with E-state index in [2.05, 4.69) is 5.32 Å². The summed E-state index contributed by atoms with van der Waals surface area (Å²) in [5.74, 6) is -1.72. The Morgan fingerprint density at radius 2 is 1.67 bits per heavy atom. The second kappa shape index (κ2) is 10.7. The van der Waals surface area contributed by atoms with Crippen LogP contribution in [0, 0.1) is 11.8 Å². The third kappa shape index (κ3) is 5.76. The van der Waals surface area contributed by atoms with Gasteiger partial charge < -0.3 is 10.2 Å². The van der Waals surface area contributed by atoms with Crippen LogP contribution in [-0.4, -0.2) is 52.1 Å². The standard InChI is InChI=1S/C24H29Cl2N3O4/c1-14(2)27-22(31)15(3)29(13-16-8-9-19(25)20(26)12-16)21(30)10-11-28-23(32)17-6-4-5-7-18(17)24(28)33/h4-5,8-9,12,14-15,17-18H,6-7,10-11,13H2,1-3H3,(H,27,31)/t15-,17-,18+/m1/s1. The molecule has 1 aromatic rings. The number of benzene rings is 1. The van der Waals surface area contributed by atoms with Crippen molar-refractivity contribution >= 4 is 46.8 Å². The van der Waals surface area contributed by atoms with Crippen LogP contribution in [0.4, 0.5) is 0 Å². The zero-order chi connectivity index (χ0) is 24.3. The van der Waals surface area contributed by atoms with Crippen LogP contribution in [0.3, 0.4) is 0 Å². The lowest BCUT2D eigenvalue weighted by Gasteiger charge is -2.30. The number of carbonyl (C=O) groups is 4. The number of allylic oxidation sites excluding steroid dienone is 2. The van der Waals surface area contributed by atoms with Crippen LogP contribution in [0.2, 0.25) is 10.0 Å². The molecule has 0 spiro atoms. The molecule has 0 unspecified atom stereocenters. The van der Waals surface area contributed by atoms with Crippen molar-refractivity contribution in [2.75, 3.05) is 6.54 Å². The van der Waals surface area contributed by atoms with E-state index in [1.54, 1.807) is 25.1 Å². The Morgan fingerprint density at radius 1 is 1.06 bits per heavy atom. The maximum Gasteiger partial charge on any atom is 0.242 e. The first-order valence-corrected chi connectivity index (χ1v) is 11.9. The van der Waals surface area contributed by atoms with Crippen LogP contribution in [0.1, 0.15) is 45.6 Å². The molecule has 1 heterocycles. The van der Waals surface area contributed by atoms with Gasteiger partial charge in [0.05, 0.1) is 21.9 Å². The highest BCUT2D eigenvalue weighted by Crippen LogP contribution is 2.35. The van der Waals surface area contributed by atoms with Gasteiger partial charge in [0, 0.05) is 25.6 Å². The van der Waals surface area contributed by atoms with E-state index in [0.717, 1.165) is 0 Å². The molecule has 3 rings (SSSR count). The van der Waals surface area contributed by atoms with Gasteiger partial charge in [-0.25, -0.2) is 0 Å². The number of hydrogen-bond donors (Lipinski definition) is 1. The van der Waals surface area contributed by atoms with E-state index in [1.807, 2.05) is 26.0 Å². The minimum atomic E-state index is -0.758. The van der Waals surface area contributed by atoms with E-state index >= 15 is 0 Å². The predicted octanol–water partition coefficient (Wildman–Crippen LogP) is 3.58. The molecule has 1 N–H and O–H groups in total. The molecule has 1 fully saturated rings. The molecule has 7 nitrogen and oxygen atoms in total. The molecule has 0 aromatic heterocycles. The van der Waals surface area contributed by atoms with Gasteiger partial charge in [-0.2, -0.15) is 0 Å². The summed E-state index contributed by atoms with van der Waals surface area (Å²) in [7, 11) is 0. The summed E-state index contributed by atoms with van der Waals surface area (Å²) in [6.45, 7) is 5.47. The van der Waals surface area contributed by atoms with Gasteiger partial charge in [-0.05, 0) is 51.3 Å². The van der Waals surface area contributed by atoms with Gasteiger partial charge in [0.15, 0.2) is 0 Å². The number of hydrogen-bond acceptors (Lipinski definition) is 4. The van der Waals surface area contributed by atoms with Crippen molar-refractivity contribution in [1.82, 2.24) is 15.1 Å². The number of likely N-dealkylation sites (tertiary alicyclic amines) is 1. The number of halogens is 2. The van der Waals surface area contributed by atoms with Crippen LogP contribution in [0.5, 0.6) is 0 Å². The molecule has 9 heteroatoms. The average molecular weight is 494 g/mol. The Balaban J connectivity index is 1.74. The van der Waals surface area contributed by atoms with Crippen LogP contribution < -0.4 is 5.32 Å². The van der Waals surface area contributed by atoms with Gasteiger partial charge in [-0.3, -0.25) is 24.1 Å². The van der Waals surface area contributed by atoms with Gasteiger partial charge in [0.2, 0.25) is 23.6 Å². The minimum absolute atomic E-state index is 0.000106. The SMILES string of the molecule is CC(C)NC(=O)[C@@H](C)N(Cc1ccc(Cl)c(Cl)c1)C(=O)CCN1C(=O)[C@H]2CC=CC[C@H]2C1=O. The van der Waals surface area contributed by atoms with E-state index in [1.165, 1.54) is 9.80 Å². The topological polar surface area (TPSA) is 86.8 Å². The first-order chi connectivity index (χ1) is 15.6. The maximum absolute atomic E-state index is 13.2. The quantitative estimate of drug-likeness (QED) is 0.442. The van der Waals surface area contributed by atoms with Crippen LogP contribution >= 0.6 is 23.2 Å². The third-order valence-corrected chi connectivity index (χ3v) is 6.82. The molecule has 1 aromatic carbocycles. The van der Waals surface area contributed by atoms with E-state index in [4.69, 9.17) is 23.2 Å². The number of nitrogens with one attached hydrogen (secondary N) is 1. The fraction of sp³-hybridized carbons (Fsp3) is 0.500. The van der Waals surface area contributed by atoms with Crippen molar-refractivity contribution < 1.29 is 19.2 Å². The highest BCUT2D eigenvalue weighted by atomic mass is 35.5. The van der Waals surface area contributed by atoms with Crippen LogP contribution in [0.25, 0.3) is 0 Å². The molecule has 3 atom stereocenters. The molecule has 1 saturated heterocycles. The summed E-state index contributed by atoms with van der Waals surface area (Å²) < 4.78 is 0. The van der Waals surface area contributed by atoms with E-state index in [0.29, 0.717) is 28.5 Å². The maximum atomic E-state index is 13.2. The van der Waals surface area contributed by atoms with Crippen LogP contribution in [0.15, 0.2) is 30.4 Å². The van der Waals surface area contributed by atoms with Crippen molar-refractivity contribution in [1.29, 1.82) is 0 Å². The molecule has 178 valence electrons. The lowest BCUT2D eigenvalue weighted by atomic mass is 9.85. The van der Waals surface area contributed by atoms with Gasteiger partial charge in [-0.1, -0.05) is 41.4 Å². The fourth-order valence-corrected chi connectivity index (χ4v) is 4.58. The lowest BCUT2D eigenvalue weighted by Crippen LogP contribution is -2.49. The Kier molecular flexibility index (Phi) is 8.19. The molecule has 33 heavy (non-hydrogen) atoms. The van der Waals surface area contributed by atoms with Gasteiger partial charge in [-0.15, -0.1) is 0 Å². The van der Waals surface area contributed by atoms with Crippen molar-refractivity contribution in [2.24, 2.45) is 11.8 Å². The summed E-state index contributed by atoms with van der Waals surface area (Å²) in [6.07, 6.45) is 4.89. The summed E-state index contributed by atoms with van der Waals surface area (Å²) >= 11 is 12.1. The number of carbonyl (C=O) groups excluding carboxylic acids is 4. The smallest absolute Gasteiger partial charge is 0.242 e. The number of nitrogens with zero attached hydrogens (tertiary/aromatic N) is 2. The highest BCUT2D eigenvalue weighted by Gasteiger charge is 2.47. The van der Waals surface area contributed by atoms with Crippen LogP contribution in [-0.2, 0) is 25.7 Å². The molecule has 0 radical (unpaired) electrons. The zero-order valence-electron chi connectivity index (χ0n) is 19.0. The van der Waals surface area contributed by atoms with E-state index in [-0.39, 0.29) is 61.0 Å². The third-order valence-electron chi connectivity index (χ3n) is 6.08. The Bertz CT molecular complexity index is 952. The second-order valence-electron chi connectivity index (χ2n) is 8.84. The van der Waals surface area contributed by atoms with E-state index in [9.17, 15) is 19.2 Å².